The van der Waals surface area contributed by atoms with E-state index in [0.717, 1.165) is 0 Å². The average Bonchev–Trinajstić information content (AvgIpc) is 2.41. The number of anilines is 1. The van der Waals surface area contributed by atoms with Crippen LogP contribution in [0.1, 0.15) is 26.3 Å². The minimum absolute atomic E-state index is 0.0295. The third kappa shape index (κ3) is 3.32. The van der Waals surface area contributed by atoms with Crippen molar-refractivity contribution in [3.63, 3.8) is 0 Å². The van der Waals surface area contributed by atoms with Gasteiger partial charge in [-0.05, 0) is 42.8 Å². The number of benzene rings is 2. The first kappa shape index (κ1) is 14.9. The van der Waals surface area contributed by atoms with E-state index >= 15 is 0 Å². The zero-order valence-corrected chi connectivity index (χ0v) is 11.8. The number of halogens is 1. The van der Waals surface area contributed by atoms with Gasteiger partial charge in [-0.3, -0.25) is 4.79 Å². The van der Waals surface area contributed by atoms with Gasteiger partial charge in [0.15, 0.2) is 0 Å². The topological polar surface area (TPSA) is 86.6 Å². The smallest absolute Gasteiger partial charge is 0.337 e. The number of aromatic hydroxyl groups is 1. The van der Waals surface area contributed by atoms with Crippen molar-refractivity contribution in [2.75, 3.05) is 5.32 Å². The van der Waals surface area contributed by atoms with Gasteiger partial charge in [0, 0.05) is 11.3 Å². The number of carboxylic acid groups (broad SMARTS) is 1. The second-order valence-electron chi connectivity index (χ2n) is 4.46. The van der Waals surface area contributed by atoms with E-state index in [-0.39, 0.29) is 21.9 Å². The molecular formula is C15H12ClNO4. The molecule has 0 radical (unpaired) electrons. The number of aryl methyl sites for hydroxylation is 1. The molecule has 0 spiro atoms. The highest BCUT2D eigenvalue weighted by atomic mass is 35.5. The molecule has 2 aromatic rings. The molecule has 0 fully saturated rings. The minimum atomic E-state index is -1.14. The lowest BCUT2D eigenvalue weighted by Gasteiger charge is -2.08. The predicted molar refractivity (Wildman–Crippen MR) is 79.2 cm³/mol. The Morgan fingerprint density at radius 2 is 1.86 bits per heavy atom. The summed E-state index contributed by atoms with van der Waals surface area (Å²) in [5.41, 5.74) is 1.29. The van der Waals surface area contributed by atoms with Crippen LogP contribution in [0.5, 0.6) is 5.75 Å². The predicted octanol–water partition coefficient (Wildman–Crippen LogP) is 3.30. The third-order valence-electron chi connectivity index (χ3n) is 2.93. The lowest BCUT2D eigenvalue weighted by atomic mass is 10.1. The molecule has 0 saturated heterocycles. The molecule has 108 valence electrons. The molecule has 0 atom stereocenters. The van der Waals surface area contributed by atoms with Crippen molar-refractivity contribution in [1.29, 1.82) is 0 Å². The van der Waals surface area contributed by atoms with Crippen LogP contribution in [0.3, 0.4) is 0 Å². The summed E-state index contributed by atoms with van der Waals surface area (Å²) in [6.07, 6.45) is 0. The summed E-state index contributed by atoms with van der Waals surface area (Å²) in [6, 6.07) is 8.69. The Balaban J connectivity index is 2.21. The van der Waals surface area contributed by atoms with Crippen molar-refractivity contribution in [3.05, 3.63) is 58.1 Å². The zero-order chi connectivity index (χ0) is 15.6. The molecule has 5 nitrogen and oxygen atoms in total. The molecule has 0 bridgehead atoms. The lowest BCUT2D eigenvalue weighted by molar-refractivity contribution is 0.0697. The van der Waals surface area contributed by atoms with Gasteiger partial charge >= 0.3 is 5.97 Å². The summed E-state index contributed by atoms with van der Waals surface area (Å²) in [5, 5.41) is 21.1. The summed E-state index contributed by atoms with van der Waals surface area (Å²) in [4.78, 5) is 22.9. The maximum absolute atomic E-state index is 12.0. The monoisotopic (exact) mass is 305 g/mol. The zero-order valence-electron chi connectivity index (χ0n) is 11.1. The summed E-state index contributed by atoms with van der Waals surface area (Å²) >= 11 is 5.83. The van der Waals surface area contributed by atoms with Gasteiger partial charge in [-0.15, -0.1) is 0 Å². The normalized spacial score (nSPS) is 10.2. The number of aromatic carboxylic acids is 1. The molecule has 0 saturated carbocycles. The summed E-state index contributed by atoms with van der Waals surface area (Å²) in [7, 11) is 0. The van der Waals surface area contributed by atoms with Crippen LogP contribution >= 0.6 is 11.6 Å². The third-order valence-corrected chi connectivity index (χ3v) is 3.24. The van der Waals surface area contributed by atoms with E-state index in [0.29, 0.717) is 11.3 Å². The van der Waals surface area contributed by atoms with Gasteiger partial charge in [-0.25, -0.2) is 4.79 Å². The quantitative estimate of drug-likeness (QED) is 0.812. The van der Waals surface area contributed by atoms with Crippen LogP contribution in [0, 0.1) is 6.92 Å². The van der Waals surface area contributed by atoms with Crippen molar-refractivity contribution >= 4 is 29.2 Å². The number of hydrogen-bond acceptors (Lipinski definition) is 3. The Bertz CT molecular complexity index is 728. The van der Waals surface area contributed by atoms with Crippen LogP contribution < -0.4 is 5.32 Å². The van der Waals surface area contributed by atoms with Crippen LogP contribution in [0.2, 0.25) is 5.02 Å². The molecule has 0 aliphatic carbocycles. The fraction of sp³-hybridized carbons (Fsp3) is 0.0667. The Morgan fingerprint density at radius 1 is 1.14 bits per heavy atom. The number of amides is 1. The minimum Gasteiger partial charge on any atom is -0.508 e. The van der Waals surface area contributed by atoms with Crippen LogP contribution in [-0.2, 0) is 0 Å². The van der Waals surface area contributed by atoms with E-state index in [1.807, 2.05) is 0 Å². The summed E-state index contributed by atoms with van der Waals surface area (Å²) in [6.45, 7) is 1.72. The van der Waals surface area contributed by atoms with Crippen molar-refractivity contribution in [1.82, 2.24) is 0 Å². The Hall–Kier alpha value is -2.53. The van der Waals surface area contributed by atoms with Crippen LogP contribution in [0.15, 0.2) is 36.4 Å². The van der Waals surface area contributed by atoms with Crippen molar-refractivity contribution in [3.8, 4) is 5.75 Å². The standard InChI is InChI=1S/C15H12ClNO4/c1-8-2-3-9(6-13(8)18)14(19)17-10-4-5-11(15(20)21)12(16)7-10/h2-7,18H,1H3,(H,17,19)(H,20,21). The molecule has 0 aliphatic rings. The highest BCUT2D eigenvalue weighted by Crippen LogP contribution is 2.22. The van der Waals surface area contributed by atoms with Gasteiger partial charge < -0.3 is 15.5 Å². The van der Waals surface area contributed by atoms with Gasteiger partial charge in [0.25, 0.3) is 5.91 Å². The number of rotatable bonds is 3. The van der Waals surface area contributed by atoms with E-state index in [2.05, 4.69) is 5.32 Å². The molecule has 0 aromatic heterocycles. The fourth-order valence-corrected chi connectivity index (χ4v) is 1.98. The molecule has 3 N–H and O–H groups in total. The van der Waals surface area contributed by atoms with Crippen LogP contribution in [0.4, 0.5) is 5.69 Å². The van der Waals surface area contributed by atoms with Crippen molar-refractivity contribution in [2.45, 2.75) is 6.92 Å². The summed E-state index contributed by atoms with van der Waals surface area (Å²) in [5.74, 6) is -1.53. The van der Waals surface area contributed by atoms with Crippen molar-refractivity contribution in [2.24, 2.45) is 0 Å². The van der Waals surface area contributed by atoms with Gasteiger partial charge in [-0.1, -0.05) is 17.7 Å². The molecule has 0 unspecified atom stereocenters. The fourth-order valence-electron chi connectivity index (χ4n) is 1.72. The summed E-state index contributed by atoms with van der Waals surface area (Å²) < 4.78 is 0. The highest BCUT2D eigenvalue weighted by molar-refractivity contribution is 6.33. The number of hydrogen-bond donors (Lipinski definition) is 3. The Morgan fingerprint density at radius 3 is 2.43 bits per heavy atom. The maximum Gasteiger partial charge on any atom is 0.337 e. The number of carbonyl (C=O) groups is 2. The molecule has 2 rings (SSSR count). The van der Waals surface area contributed by atoms with Gasteiger partial charge in [0.1, 0.15) is 5.75 Å². The van der Waals surface area contributed by atoms with Gasteiger partial charge in [0.2, 0.25) is 0 Å². The maximum atomic E-state index is 12.0. The number of nitrogens with one attached hydrogen (secondary N) is 1. The molecule has 0 heterocycles. The Labute approximate surface area is 125 Å². The molecular weight excluding hydrogens is 294 g/mol. The molecule has 0 aliphatic heterocycles. The van der Waals surface area contributed by atoms with E-state index in [4.69, 9.17) is 16.7 Å². The van der Waals surface area contributed by atoms with Crippen molar-refractivity contribution < 1.29 is 19.8 Å². The largest absolute Gasteiger partial charge is 0.508 e. The van der Waals surface area contributed by atoms with Crippen LogP contribution in [0.25, 0.3) is 0 Å². The highest BCUT2D eigenvalue weighted by Gasteiger charge is 2.12. The van der Waals surface area contributed by atoms with E-state index in [1.54, 1.807) is 19.1 Å². The van der Waals surface area contributed by atoms with Gasteiger partial charge in [0.05, 0.1) is 10.6 Å². The van der Waals surface area contributed by atoms with Crippen LogP contribution in [-0.4, -0.2) is 22.1 Å². The van der Waals surface area contributed by atoms with E-state index < -0.39 is 11.9 Å². The molecule has 2 aromatic carbocycles. The second-order valence-corrected chi connectivity index (χ2v) is 4.86. The van der Waals surface area contributed by atoms with Gasteiger partial charge in [-0.2, -0.15) is 0 Å². The van der Waals surface area contributed by atoms with E-state index in [9.17, 15) is 14.7 Å². The lowest BCUT2D eigenvalue weighted by Crippen LogP contribution is -2.12. The molecule has 1 amide bonds. The number of phenolic OH excluding ortho intramolecular Hbond substituents is 1. The Kier molecular flexibility index (Phi) is 4.14. The molecule has 21 heavy (non-hydrogen) atoms. The number of phenols is 1. The first-order valence-corrected chi connectivity index (χ1v) is 6.40. The SMILES string of the molecule is Cc1ccc(C(=O)Nc2ccc(C(=O)O)c(Cl)c2)cc1O. The van der Waals surface area contributed by atoms with E-state index in [1.165, 1.54) is 24.3 Å². The molecule has 6 heteroatoms. The number of carboxylic acids is 1. The second kappa shape index (κ2) is 5.85. The average molecular weight is 306 g/mol. The first-order valence-electron chi connectivity index (χ1n) is 6.02. The first-order chi connectivity index (χ1) is 9.88. The number of carbonyl (C=O) groups excluding carboxylic acids is 1.